The average molecular weight is 283 g/mol. The molecule has 0 aliphatic heterocycles. The molecule has 0 heterocycles. The molecule has 0 rings (SSSR count). The molecule has 0 aliphatic rings. The van der Waals surface area contributed by atoms with Crippen LogP contribution in [0, 0.1) is 0 Å². The molecule has 0 aliphatic carbocycles. The van der Waals surface area contributed by atoms with Gasteiger partial charge in [0.15, 0.2) is 0 Å². The minimum absolute atomic E-state index is 0. The van der Waals surface area contributed by atoms with E-state index in [-0.39, 0.29) is 44.0 Å². The molecule has 1 atom stereocenters. The summed E-state index contributed by atoms with van der Waals surface area (Å²) in [4.78, 5) is 23.2. The predicted molar refractivity (Wildman–Crippen MR) is 70.6 cm³/mol. The molecule has 0 aromatic heterocycles. The lowest BCUT2D eigenvalue weighted by Gasteiger charge is -2.24. The number of nitrogens with one attached hydrogen (secondary N) is 1. The maximum Gasteiger partial charge on any atom is 0.331 e. The third-order valence-electron chi connectivity index (χ3n) is 2.25. The van der Waals surface area contributed by atoms with E-state index in [0.29, 0.717) is 0 Å². The van der Waals surface area contributed by atoms with Gasteiger partial charge in [-0.15, -0.1) is 12.4 Å². The molecule has 0 saturated heterocycles. The first kappa shape index (κ1) is 19.5. The molecule has 0 radical (unpaired) electrons. The Morgan fingerprint density at radius 2 is 1.94 bits per heavy atom. The number of amides is 1. The Kier molecular flexibility index (Phi) is 9.88. The van der Waals surface area contributed by atoms with Gasteiger partial charge >= 0.3 is 5.97 Å². The van der Waals surface area contributed by atoms with Crippen LogP contribution in [0.4, 0.5) is 0 Å². The number of nitrogens with two attached hydrogens (primary N) is 1. The van der Waals surface area contributed by atoms with Gasteiger partial charge in [0.2, 0.25) is 5.91 Å². The number of methoxy groups -OCH3 is 1. The highest BCUT2D eigenvalue weighted by molar-refractivity contribution is 5.87. The minimum atomic E-state index is -1.04. The number of halogens is 1. The van der Waals surface area contributed by atoms with Crippen LogP contribution in [-0.4, -0.2) is 43.8 Å². The summed E-state index contributed by atoms with van der Waals surface area (Å²) in [6.45, 7) is 5.43. The van der Waals surface area contributed by atoms with E-state index in [4.69, 9.17) is 15.2 Å². The molecule has 7 heteroatoms. The first-order valence-corrected chi connectivity index (χ1v) is 5.58. The van der Waals surface area contributed by atoms with Crippen molar-refractivity contribution in [2.24, 2.45) is 5.73 Å². The molecule has 0 aromatic rings. The van der Waals surface area contributed by atoms with Crippen LogP contribution in [0.15, 0.2) is 0 Å². The fraction of sp³-hybridized carbons (Fsp3) is 0.818. The summed E-state index contributed by atoms with van der Waals surface area (Å²) in [6, 6.07) is 0. The highest BCUT2D eigenvalue weighted by Gasteiger charge is 2.31. The number of carbonyl (C=O) groups excluding carboxylic acids is 2. The van der Waals surface area contributed by atoms with Crippen molar-refractivity contribution >= 4 is 24.3 Å². The summed E-state index contributed by atoms with van der Waals surface area (Å²) in [7, 11) is 1.49. The van der Waals surface area contributed by atoms with Gasteiger partial charge in [-0.25, -0.2) is 4.79 Å². The van der Waals surface area contributed by atoms with E-state index in [1.807, 2.05) is 0 Å². The molecule has 0 bridgehead atoms. The lowest BCUT2D eigenvalue weighted by atomic mass is 10.1. The van der Waals surface area contributed by atoms with Crippen molar-refractivity contribution < 1.29 is 19.1 Å². The molecule has 0 aromatic carbocycles. The number of esters is 1. The summed E-state index contributed by atoms with van der Waals surface area (Å²) in [5, 5.41) is 2.59. The predicted octanol–water partition coefficient (Wildman–Crippen LogP) is 0.230. The van der Waals surface area contributed by atoms with Crippen LogP contribution < -0.4 is 11.1 Å². The third-order valence-corrected chi connectivity index (χ3v) is 2.25. The highest BCUT2D eigenvalue weighted by Crippen LogP contribution is 2.06. The Morgan fingerprint density at radius 1 is 1.39 bits per heavy atom. The van der Waals surface area contributed by atoms with E-state index < -0.39 is 11.5 Å². The van der Waals surface area contributed by atoms with Gasteiger partial charge in [-0.3, -0.25) is 4.79 Å². The number of carbonyl (C=O) groups is 2. The van der Waals surface area contributed by atoms with E-state index >= 15 is 0 Å². The van der Waals surface area contributed by atoms with Gasteiger partial charge in [0.25, 0.3) is 0 Å². The van der Waals surface area contributed by atoms with Crippen LogP contribution in [0.1, 0.15) is 27.2 Å². The molecular weight excluding hydrogens is 260 g/mol. The zero-order valence-corrected chi connectivity index (χ0v) is 12.1. The third kappa shape index (κ3) is 6.78. The number of hydrogen-bond donors (Lipinski definition) is 2. The van der Waals surface area contributed by atoms with Crippen molar-refractivity contribution in [2.45, 2.75) is 38.8 Å². The van der Waals surface area contributed by atoms with Crippen molar-refractivity contribution in [2.75, 3.05) is 20.3 Å². The van der Waals surface area contributed by atoms with Crippen LogP contribution in [0.3, 0.4) is 0 Å². The molecule has 1 unspecified atom stereocenters. The zero-order valence-electron chi connectivity index (χ0n) is 11.3. The number of rotatable bonds is 7. The van der Waals surface area contributed by atoms with E-state index in [2.05, 4.69) is 5.32 Å². The lowest BCUT2D eigenvalue weighted by Crippen LogP contribution is -2.51. The number of ether oxygens (including phenoxy) is 2. The van der Waals surface area contributed by atoms with E-state index in [1.165, 1.54) is 7.11 Å². The van der Waals surface area contributed by atoms with Gasteiger partial charge in [-0.1, -0.05) is 0 Å². The summed E-state index contributed by atoms with van der Waals surface area (Å²) < 4.78 is 9.85. The van der Waals surface area contributed by atoms with Crippen molar-refractivity contribution in [1.29, 1.82) is 0 Å². The Bertz CT molecular complexity index is 268. The quantitative estimate of drug-likeness (QED) is 0.652. The van der Waals surface area contributed by atoms with E-state index in [1.54, 1.807) is 20.8 Å². The van der Waals surface area contributed by atoms with E-state index in [0.717, 1.165) is 0 Å². The highest BCUT2D eigenvalue weighted by atomic mass is 35.5. The molecule has 1 amide bonds. The van der Waals surface area contributed by atoms with Gasteiger partial charge in [-0.05, 0) is 20.8 Å². The van der Waals surface area contributed by atoms with Gasteiger partial charge in [0.05, 0.1) is 19.1 Å². The lowest BCUT2D eigenvalue weighted by molar-refractivity contribution is -0.152. The largest absolute Gasteiger partial charge is 0.464 e. The van der Waals surface area contributed by atoms with Crippen LogP contribution in [-0.2, 0) is 19.1 Å². The summed E-state index contributed by atoms with van der Waals surface area (Å²) in [6.07, 6.45) is -0.219. The average Bonchev–Trinajstić information content (AvgIpc) is 2.25. The van der Waals surface area contributed by atoms with Gasteiger partial charge < -0.3 is 20.5 Å². The zero-order chi connectivity index (χ0) is 13.5. The molecule has 108 valence electrons. The van der Waals surface area contributed by atoms with Crippen LogP contribution in [0.5, 0.6) is 0 Å². The van der Waals surface area contributed by atoms with Gasteiger partial charge in [0.1, 0.15) is 5.54 Å². The van der Waals surface area contributed by atoms with Crippen LogP contribution in [0.2, 0.25) is 0 Å². The number of hydrogen-bond acceptors (Lipinski definition) is 5. The molecule has 18 heavy (non-hydrogen) atoms. The Hall–Kier alpha value is -0.850. The minimum Gasteiger partial charge on any atom is -0.464 e. The molecule has 0 saturated carbocycles. The van der Waals surface area contributed by atoms with E-state index in [9.17, 15) is 9.59 Å². The van der Waals surface area contributed by atoms with Crippen LogP contribution in [0.25, 0.3) is 0 Å². The topological polar surface area (TPSA) is 90.7 Å². The SMILES string of the molecule is CCOC(=O)C(C)(C)NC(=O)CC(CN)OC.Cl. The second-order valence-corrected chi connectivity index (χ2v) is 4.19. The normalized spacial score (nSPS) is 12.3. The fourth-order valence-corrected chi connectivity index (χ4v) is 1.23. The molecule has 0 spiro atoms. The monoisotopic (exact) mass is 282 g/mol. The Labute approximate surface area is 114 Å². The van der Waals surface area contributed by atoms with Crippen LogP contribution >= 0.6 is 12.4 Å². The second-order valence-electron chi connectivity index (χ2n) is 4.19. The maximum absolute atomic E-state index is 11.6. The maximum atomic E-state index is 11.6. The Balaban J connectivity index is 0. The van der Waals surface area contributed by atoms with Gasteiger partial charge in [0, 0.05) is 13.7 Å². The van der Waals surface area contributed by atoms with Crippen molar-refractivity contribution in [1.82, 2.24) is 5.32 Å². The molecule has 6 nitrogen and oxygen atoms in total. The summed E-state index contributed by atoms with van der Waals surface area (Å²) in [5.74, 6) is -0.754. The first-order chi connectivity index (χ1) is 7.87. The second kappa shape index (κ2) is 9.13. The van der Waals surface area contributed by atoms with Crippen molar-refractivity contribution in [3.63, 3.8) is 0 Å². The molecule has 3 N–H and O–H groups in total. The summed E-state index contributed by atoms with van der Waals surface area (Å²) in [5.41, 5.74) is 4.36. The fourth-order valence-electron chi connectivity index (χ4n) is 1.23. The first-order valence-electron chi connectivity index (χ1n) is 5.58. The Morgan fingerprint density at radius 3 is 2.33 bits per heavy atom. The van der Waals surface area contributed by atoms with Crippen molar-refractivity contribution in [3.8, 4) is 0 Å². The smallest absolute Gasteiger partial charge is 0.331 e. The standard InChI is InChI=1S/C11H22N2O4.ClH/c1-5-17-10(15)11(2,3)13-9(14)6-8(7-12)16-4;/h8H,5-7,12H2,1-4H3,(H,13,14);1H. The van der Waals surface area contributed by atoms with Crippen molar-refractivity contribution in [3.05, 3.63) is 0 Å². The van der Waals surface area contributed by atoms with Gasteiger partial charge in [-0.2, -0.15) is 0 Å². The summed E-state index contributed by atoms with van der Waals surface area (Å²) >= 11 is 0. The molecular formula is C11H23ClN2O4. The molecule has 0 fully saturated rings.